The van der Waals surface area contributed by atoms with Crippen molar-refractivity contribution >= 4 is 28.3 Å². The largest absolute Gasteiger partial charge is 0.365 e. The Labute approximate surface area is 250 Å². The van der Waals surface area contributed by atoms with Crippen molar-refractivity contribution in [1.82, 2.24) is 24.6 Å². The van der Waals surface area contributed by atoms with Crippen molar-refractivity contribution in [2.45, 2.75) is 52.1 Å². The van der Waals surface area contributed by atoms with Gasteiger partial charge < -0.3 is 14.7 Å². The number of nitrogens with one attached hydrogen (secondary N) is 1. The molecule has 1 unspecified atom stereocenters. The molecule has 0 radical (unpaired) electrons. The lowest BCUT2D eigenvalue weighted by atomic mass is 9.98. The van der Waals surface area contributed by atoms with Gasteiger partial charge in [0.15, 0.2) is 0 Å². The number of carbonyl (C=O) groups excluding carboxylic acids is 1. The number of aryl methyl sites for hydroxylation is 1. The lowest BCUT2D eigenvalue weighted by Crippen LogP contribution is -2.55. The van der Waals surface area contributed by atoms with Gasteiger partial charge in [-0.05, 0) is 48.6 Å². The summed E-state index contributed by atoms with van der Waals surface area (Å²) in [5, 5.41) is 18.0. The van der Waals surface area contributed by atoms with Gasteiger partial charge >= 0.3 is 5.69 Å². The molecule has 1 N–H and O–H groups in total. The van der Waals surface area contributed by atoms with Crippen LogP contribution in [0, 0.1) is 18.3 Å². The molecule has 6 rings (SSSR count). The van der Waals surface area contributed by atoms with Crippen LogP contribution in [-0.4, -0.2) is 62.8 Å². The third kappa shape index (κ3) is 4.95. The standard InChI is InChI=1S/C33H36N8O2/c1-5-30(42)40-17-16-39(19-23(40)12-14-34)32-25-13-15-38(31-22(4)10-11-27-26(31)18-35-37-27)20-29(25)41(33(43)36-32)28-9-7-6-8-24(28)21(2)3/h5-11,18,21,23H,1,12-13,15-17,19-20H2,2-4H3,(H,35,37). The summed E-state index contributed by atoms with van der Waals surface area (Å²) in [6.45, 7) is 12.6. The van der Waals surface area contributed by atoms with Gasteiger partial charge in [-0.25, -0.2) is 4.79 Å². The molecule has 1 saturated heterocycles. The van der Waals surface area contributed by atoms with E-state index in [4.69, 9.17) is 4.98 Å². The summed E-state index contributed by atoms with van der Waals surface area (Å²) in [6.07, 6.45) is 4.04. The Kier molecular flexibility index (Phi) is 7.48. The highest BCUT2D eigenvalue weighted by Gasteiger charge is 2.34. The molecule has 1 amide bonds. The second-order valence-corrected chi connectivity index (χ2v) is 11.6. The van der Waals surface area contributed by atoms with Crippen LogP contribution in [0.1, 0.15) is 48.6 Å². The summed E-state index contributed by atoms with van der Waals surface area (Å²) < 4.78 is 1.80. The fraction of sp³-hybridized carbons (Fsp3) is 0.364. The Morgan fingerprint density at radius 3 is 2.77 bits per heavy atom. The third-order valence-electron chi connectivity index (χ3n) is 8.73. The van der Waals surface area contributed by atoms with Crippen molar-refractivity contribution in [3.8, 4) is 11.8 Å². The van der Waals surface area contributed by atoms with Crippen LogP contribution in [0.5, 0.6) is 0 Å². The van der Waals surface area contributed by atoms with Crippen LogP contribution in [0.4, 0.5) is 11.5 Å². The number of para-hydroxylation sites is 1. The van der Waals surface area contributed by atoms with E-state index in [1.54, 1.807) is 9.47 Å². The number of piperazine rings is 1. The van der Waals surface area contributed by atoms with E-state index in [1.807, 2.05) is 30.5 Å². The van der Waals surface area contributed by atoms with Crippen molar-refractivity contribution in [3.05, 3.63) is 88.1 Å². The van der Waals surface area contributed by atoms with Gasteiger partial charge in [-0.2, -0.15) is 15.3 Å². The van der Waals surface area contributed by atoms with Crippen molar-refractivity contribution < 1.29 is 4.79 Å². The maximum atomic E-state index is 14.1. The van der Waals surface area contributed by atoms with Gasteiger partial charge in [0.1, 0.15) is 5.82 Å². The number of nitriles is 1. The van der Waals surface area contributed by atoms with Crippen LogP contribution in [0.15, 0.2) is 60.0 Å². The minimum atomic E-state index is -0.330. The van der Waals surface area contributed by atoms with E-state index in [9.17, 15) is 14.9 Å². The first-order chi connectivity index (χ1) is 20.8. The quantitative estimate of drug-likeness (QED) is 0.342. The Balaban J connectivity index is 1.50. The molecule has 1 fully saturated rings. The highest BCUT2D eigenvalue weighted by atomic mass is 16.2. The van der Waals surface area contributed by atoms with E-state index in [1.165, 1.54) is 6.08 Å². The van der Waals surface area contributed by atoms with Gasteiger partial charge in [0.05, 0.1) is 53.9 Å². The van der Waals surface area contributed by atoms with Gasteiger partial charge in [-0.3, -0.25) is 14.5 Å². The number of nitrogens with zero attached hydrogens (tertiary/aromatic N) is 7. The Bertz CT molecular complexity index is 1810. The molecule has 1 atom stereocenters. The number of hydrogen-bond acceptors (Lipinski definition) is 7. The molecule has 220 valence electrons. The monoisotopic (exact) mass is 576 g/mol. The van der Waals surface area contributed by atoms with Crippen molar-refractivity contribution in [1.29, 1.82) is 5.26 Å². The molecule has 2 aliphatic rings. The van der Waals surface area contributed by atoms with Crippen molar-refractivity contribution in [2.24, 2.45) is 0 Å². The maximum Gasteiger partial charge on any atom is 0.354 e. The van der Waals surface area contributed by atoms with Gasteiger partial charge in [0, 0.05) is 37.1 Å². The van der Waals surface area contributed by atoms with Crippen molar-refractivity contribution in [2.75, 3.05) is 36.0 Å². The van der Waals surface area contributed by atoms with Crippen LogP contribution >= 0.6 is 0 Å². The number of hydrogen-bond donors (Lipinski definition) is 1. The van der Waals surface area contributed by atoms with E-state index in [0.29, 0.717) is 38.4 Å². The molecule has 10 heteroatoms. The van der Waals surface area contributed by atoms with E-state index in [-0.39, 0.29) is 30.0 Å². The predicted molar refractivity (Wildman–Crippen MR) is 168 cm³/mol. The van der Waals surface area contributed by atoms with Crippen LogP contribution in [0.2, 0.25) is 0 Å². The number of amides is 1. The number of carbonyl (C=O) groups is 1. The highest BCUT2D eigenvalue weighted by Crippen LogP contribution is 2.36. The molecular formula is C33H36N8O2. The molecule has 2 aliphatic heterocycles. The molecule has 0 spiro atoms. The Morgan fingerprint density at radius 2 is 2.00 bits per heavy atom. The van der Waals surface area contributed by atoms with Crippen LogP contribution < -0.4 is 15.5 Å². The lowest BCUT2D eigenvalue weighted by molar-refractivity contribution is -0.128. The number of aromatic amines is 1. The second kappa shape index (κ2) is 11.4. The zero-order chi connectivity index (χ0) is 30.2. The van der Waals surface area contributed by atoms with Gasteiger partial charge in [0.2, 0.25) is 5.91 Å². The third-order valence-corrected chi connectivity index (χ3v) is 8.73. The summed E-state index contributed by atoms with van der Waals surface area (Å²) in [7, 11) is 0. The highest BCUT2D eigenvalue weighted by molar-refractivity contribution is 5.93. The van der Waals surface area contributed by atoms with E-state index in [2.05, 4.69) is 65.5 Å². The zero-order valence-corrected chi connectivity index (χ0v) is 24.9. The molecular weight excluding hydrogens is 540 g/mol. The SMILES string of the molecule is C=CC(=O)N1CCN(c2nc(=O)n(-c3ccccc3C(C)C)c3c2CCN(c2c(C)ccc4[nH]ncc24)C3)CC1CC#N. The number of fused-ring (bicyclic) bond motifs is 2. The first-order valence-electron chi connectivity index (χ1n) is 14.8. The number of benzene rings is 2. The average molecular weight is 577 g/mol. The Hall–Kier alpha value is -4.91. The van der Waals surface area contributed by atoms with Gasteiger partial charge in [-0.15, -0.1) is 0 Å². The fourth-order valence-electron chi connectivity index (χ4n) is 6.66. The minimum absolute atomic E-state index is 0.185. The first kappa shape index (κ1) is 28.2. The topological polar surface area (TPSA) is 114 Å². The average Bonchev–Trinajstić information content (AvgIpc) is 3.49. The molecule has 0 saturated carbocycles. The van der Waals surface area contributed by atoms with Gasteiger partial charge in [0.25, 0.3) is 0 Å². The number of anilines is 2. The lowest BCUT2D eigenvalue weighted by Gasteiger charge is -2.42. The van der Waals surface area contributed by atoms with Gasteiger partial charge in [-0.1, -0.05) is 44.7 Å². The predicted octanol–water partition coefficient (Wildman–Crippen LogP) is 4.22. The molecule has 0 aliphatic carbocycles. The number of aromatic nitrogens is 4. The van der Waals surface area contributed by atoms with Crippen LogP contribution in [0.3, 0.4) is 0 Å². The molecule has 10 nitrogen and oxygen atoms in total. The molecule has 2 aromatic heterocycles. The van der Waals surface area contributed by atoms with Crippen molar-refractivity contribution in [3.63, 3.8) is 0 Å². The summed E-state index contributed by atoms with van der Waals surface area (Å²) in [4.78, 5) is 37.5. The molecule has 4 aromatic rings. The van der Waals surface area contributed by atoms with E-state index in [0.717, 1.165) is 51.2 Å². The summed E-state index contributed by atoms with van der Waals surface area (Å²) in [5.74, 6) is 0.683. The Morgan fingerprint density at radius 1 is 1.19 bits per heavy atom. The van der Waals surface area contributed by atoms with E-state index < -0.39 is 0 Å². The molecule has 2 aromatic carbocycles. The molecule has 4 heterocycles. The smallest absolute Gasteiger partial charge is 0.354 e. The normalized spacial score (nSPS) is 16.8. The van der Waals surface area contributed by atoms with Crippen LogP contribution in [-0.2, 0) is 17.8 Å². The number of H-pyrrole nitrogens is 1. The molecule has 43 heavy (non-hydrogen) atoms. The fourth-order valence-corrected chi connectivity index (χ4v) is 6.66. The summed E-state index contributed by atoms with van der Waals surface area (Å²) in [6, 6.07) is 14.1. The molecule has 0 bridgehead atoms. The minimum Gasteiger partial charge on any atom is -0.365 e. The maximum absolute atomic E-state index is 14.1. The van der Waals surface area contributed by atoms with E-state index >= 15 is 0 Å². The second-order valence-electron chi connectivity index (χ2n) is 11.6. The summed E-state index contributed by atoms with van der Waals surface area (Å²) in [5.41, 5.74) is 6.77. The zero-order valence-electron chi connectivity index (χ0n) is 24.9. The first-order valence-corrected chi connectivity index (χ1v) is 14.8. The number of rotatable bonds is 6. The summed E-state index contributed by atoms with van der Waals surface area (Å²) >= 11 is 0. The van der Waals surface area contributed by atoms with Crippen LogP contribution in [0.25, 0.3) is 16.6 Å².